The predicted molar refractivity (Wildman–Crippen MR) is 126 cm³/mol. The first-order valence-electron chi connectivity index (χ1n) is 11.1. The fourth-order valence-electron chi connectivity index (χ4n) is 4.41. The first kappa shape index (κ1) is 23.5. The van der Waals surface area contributed by atoms with Gasteiger partial charge in [-0.15, -0.1) is 0 Å². The molecule has 8 nitrogen and oxygen atoms in total. The Balaban J connectivity index is 1.80. The molecule has 2 aromatic carbocycles. The van der Waals surface area contributed by atoms with E-state index < -0.39 is 23.7 Å². The van der Waals surface area contributed by atoms with E-state index in [0.717, 1.165) is 11.3 Å². The van der Waals surface area contributed by atoms with E-state index in [1.807, 2.05) is 25.9 Å². The number of fused-ring (bicyclic) bond motifs is 1. The lowest BCUT2D eigenvalue weighted by atomic mass is 9.94. The van der Waals surface area contributed by atoms with Crippen molar-refractivity contribution in [1.82, 2.24) is 9.80 Å². The standard InChI is InChI=1S/C26H28N2O6/c1-15-13-19-14-18(9-10-20(19)34-15)23(29)21-22(16-5-7-17(8-6-16)26(32)33-4)28(12-11-27(2)3)25(31)24(21)30/h5-10,14-15,22,29H,11-13H2,1-4H3/t15-,22+/m1/s1. The number of Topliss-reactive ketones (excluding diaryl/α,β-unsaturated/α-hetero) is 1. The van der Waals surface area contributed by atoms with Crippen molar-refractivity contribution in [3.63, 3.8) is 0 Å². The number of methoxy groups -OCH3 is 1. The number of rotatable bonds is 6. The molecular formula is C26H28N2O6. The Morgan fingerprint density at radius 3 is 2.47 bits per heavy atom. The first-order valence-corrected chi connectivity index (χ1v) is 11.1. The van der Waals surface area contributed by atoms with Crippen LogP contribution >= 0.6 is 0 Å². The van der Waals surface area contributed by atoms with Gasteiger partial charge < -0.3 is 24.4 Å². The maximum Gasteiger partial charge on any atom is 0.337 e. The van der Waals surface area contributed by atoms with Crippen LogP contribution in [0.3, 0.4) is 0 Å². The molecule has 2 atom stereocenters. The zero-order chi connectivity index (χ0) is 24.6. The number of esters is 1. The van der Waals surface area contributed by atoms with Gasteiger partial charge in [-0.05, 0) is 62.5 Å². The third kappa shape index (κ3) is 4.28. The van der Waals surface area contributed by atoms with Crippen LogP contribution in [0.5, 0.6) is 5.75 Å². The summed E-state index contributed by atoms with van der Waals surface area (Å²) in [7, 11) is 5.06. The van der Waals surface area contributed by atoms with E-state index in [1.165, 1.54) is 12.0 Å². The number of amides is 1. The van der Waals surface area contributed by atoms with Gasteiger partial charge in [0.15, 0.2) is 0 Å². The molecule has 0 spiro atoms. The lowest BCUT2D eigenvalue weighted by molar-refractivity contribution is -0.140. The van der Waals surface area contributed by atoms with Crippen molar-refractivity contribution in [2.45, 2.75) is 25.5 Å². The predicted octanol–water partition coefficient (Wildman–Crippen LogP) is 2.78. The quantitative estimate of drug-likeness (QED) is 0.304. The zero-order valence-corrected chi connectivity index (χ0v) is 19.7. The van der Waals surface area contributed by atoms with E-state index in [9.17, 15) is 19.5 Å². The summed E-state index contributed by atoms with van der Waals surface area (Å²) in [4.78, 5) is 41.4. The van der Waals surface area contributed by atoms with Crippen molar-refractivity contribution in [1.29, 1.82) is 0 Å². The number of nitrogens with zero attached hydrogens (tertiary/aromatic N) is 2. The molecule has 8 heteroatoms. The van der Waals surface area contributed by atoms with Crippen molar-refractivity contribution in [2.24, 2.45) is 0 Å². The smallest absolute Gasteiger partial charge is 0.337 e. The van der Waals surface area contributed by atoms with Gasteiger partial charge in [-0.2, -0.15) is 0 Å². The molecule has 2 aromatic rings. The average Bonchev–Trinajstić information content (AvgIpc) is 3.32. The molecule has 0 unspecified atom stereocenters. The SMILES string of the molecule is COC(=O)c1ccc([C@H]2C(=C(O)c3ccc4c(c3)C[C@@H](C)O4)C(=O)C(=O)N2CCN(C)C)cc1. The normalized spacial score (nSPS) is 21.0. The Bertz CT molecular complexity index is 1170. The molecular weight excluding hydrogens is 436 g/mol. The Kier molecular flexibility index (Phi) is 6.43. The number of carbonyl (C=O) groups is 3. The van der Waals surface area contributed by atoms with Gasteiger partial charge in [-0.25, -0.2) is 4.79 Å². The highest BCUT2D eigenvalue weighted by atomic mass is 16.5. The lowest BCUT2D eigenvalue weighted by Crippen LogP contribution is -2.35. The molecule has 1 amide bonds. The first-order chi connectivity index (χ1) is 16.2. The molecule has 0 aromatic heterocycles. The Labute approximate surface area is 198 Å². The van der Waals surface area contributed by atoms with E-state index in [2.05, 4.69) is 0 Å². The van der Waals surface area contributed by atoms with E-state index in [0.29, 0.717) is 36.2 Å². The fraction of sp³-hybridized carbons (Fsp3) is 0.346. The van der Waals surface area contributed by atoms with Crippen molar-refractivity contribution in [3.8, 4) is 5.75 Å². The number of aliphatic hydroxyl groups excluding tert-OH is 1. The molecule has 2 heterocycles. The van der Waals surface area contributed by atoms with Crippen LogP contribution < -0.4 is 4.74 Å². The second-order valence-electron chi connectivity index (χ2n) is 8.86. The highest BCUT2D eigenvalue weighted by molar-refractivity contribution is 6.46. The summed E-state index contributed by atoms with van der Waals surface area (Å²) in [6.45, 7) is 2.80. The molecule has 2 aliphatic rings. The molecule has 178 valence electrons. The molecule has 0 aliphatic carbocycles. The van der Waals surface area contributed by atoms with Crippen LogP contribution in [0.15, 0.2) is 48.0 Å². The summed E-state index contributed by atoms with van der Waals surface area (Å²) < 4.78 is 10.5. The van der Waals surface area contributed by atoms with Gasteiger partial charge in [0, 0.05) is 25.1 Å². The van der Waals surface area contributed by atoms with Crippen LogP contribution in [-0.2, 0) is 20.7 Å². The Morgan fingerprint density at radius 2 is 1.82 bits per heavy atom. The van der Waals surface area contributed by atoms with E-state index in [1.54, 1.807) is 42.5 Å². The van der Waals surface area contributed by atoms with Gasteiger partial charge in [0.05, 0.1) is 24.3 Å². The second kappa shape index (κ2) is 9.30. The highest BCUT2D eigenvalue weighted by Gasteiger charge is 2.46. The van der Waals surface area contributed by atoms with Gasteiger partial charge in [0.25, 0.3) is 11.7 Å². The van der Waals surface area contributed by atoms with Crippen molar-refractivity contribution in [3.05, 3.63) is 70.3 Å². The average molecular weight is 465 g/mol. The number of likely N-dealkylation sites (tertiary alicyclic amines) is 1. The summed E-state index contributed by atoms with van der Waals surface area (Å²) in [6.07, 6.45) is 0.740. The van der Waals surface area contributed by atoms with Gasteiger partial charge in [-0.3, -0.25) is 9.59 Å². The summed E-state index contributed by atoms with van der Waals surface area (Å²) in [6, 6.07) is 11.0. The molecule has 0 bridgehead atoms. The molecule has 1 fully saturated rings. The number of hydrogen-bond donors (Lipinski definition) is 1. The van der Waals surface area contributed by atoms with E-state index in [-0.39, 0.29) is 17.4 Å². The van der Waals surface area contributed by atoms with Crippen molar-refractivity contribution < 1.29 is 29.0 Å². The minimum atomic E-state index is -0.782. The monoisotopic (exact) mass is 464 g/mol. The molecule has 1 saturated heterocycles. The number of ketones is 1. The van der Waals surface area contributed by atoms with Gasteiger partial charge in [0.2, 0.25) is 0 Å². The number of hydrogen-bond acceptors (Lipinski definition) is 7. The van der Waals surface area contributed by atoms with Gasteiger partial charge >= 0.3 is 5.97 Å². The molecule has 0 radical (unpaired) electrons. The van der Waals surface area contributed by atoms with E-state index >= 15 is 0 Å². The number of ether oxygens (including phenoxy) is 2. The number of likely N-dealkylation sites (N-methyl/N-ethyl adjacent to an activating group) is 1. The summed E-state index contributed by atoms with van der Waals surface area (Å²) in [5.74, 6) is -1.35. The summed E-state index contributed by atoms with van der Waals surface area (Å²) >= 11 is 0. The van der Waals surface area contributed by atoms with Gasteiger partial charge in [0.1, 0.15) is 17.6 Å². The molecule has 34 heavy (non-hydrogen) atoms. The molecule has 4 rings (SSSR count). The van der Waals surface area contributed by atoms with Crippen LogP contribution in [0.2, 0.25) is 0 Å². The third-order valence-electron chi connectivity index (χ3n) is 6.15. The van der Waals surface area contributed by atoms with E-state index in [4.69, 9.17) is 9.47 Å². The largest absolute Gasteiger partial charge is 0.507 e. The maximum absolute atomic E-state index is 13.1. The van der Waals surface area contributed by atoms with Crippen LogP contribution in [0.25, 0.3) is 5.76 Å². The minimum absolute atomic E-state index is 0.0292. The van der Waals surface area contributed by atoms with Crippen molar-refractivity contribution >= 4 is 23.4 Å². The van der Waals surface area contributed by atoms with Crippen molar-refractivity contribution in [2.75, 3.05) is 34.3 Å². The summed E-state index contributed by atoms with van der Waals surface area (Å²) in [5, 5.41) is 11.3. The number of aliphatic hydroxyl groups is 1. The second-order valence-corrected chi connectivity index (χ2v) is 8.86. The topological polar surface area (TPSA) is 96.4 Å². The Hall–Kier alpha value is -3.65. The van der Waals surface area contributed by atoms with Crippen LogP contribution in [0, 0.1) is 0 Å². The summed E-state index contributed by atoms with van der Waals surface area (Å²) in [5.41, 5.74) is 2.40. The lowest BCUT2D eigenvalue weighted by Gasteiger charge is -2.26. The van der Waals surface area contributed by atoms with Crippen LogP contribution in [0.4, 0.5) is 0 Å². The molecule has 2 aliphatic heterocycles. The third-order valence-corrected chi connectivity index (χ3v) is 6.15. The molecule has 1 N–H and O–H groups in total. The minimum Gasteiger partial charge on any atom is -0.507 e. The maximum atomic E-state index is 13.1. The number of benzene rings is 2. The highest BCUT2D eigenvalue weighted by Crippen LogP contribution is 2.40. The van der Waals surface area contributed by atoms with Crippen LogP contribution in [-0.4, -0.2) is 73.0 Å². The fourth-order valence-corrected chi connectivity index (χ4v) is 4.41. The molecule has 0 saturated carbocycles. The Morgan fingerprint density at radius 1 is 1.15 bits per heavy atom. The van der Waals surface area contributed by atoms with Crippen LogP contribution in [0.1, 0.15) is 40.0 Å². The van der Waals surface area contributed by atoms with Gasteiger partial charge in [-0.1, -0.05) is 12.1 Å². The zero-order valence-electron chi connectivity index (χ0n) is 19.7. The number of carbonyl (C=O) groups excluding carboxylic acids is 3.